The van der Waals surface area contributed by atoms with E-state index in [4.69, 9.17) is 9.97 Å². The van der Waals surface area contributed by atoms with Gasteiger partial charge in [0.25, 0.3) is 0 Å². The lowest BCUT2D eigenvalue weighted by atomic mass is 9.93. The van der Waals surface area contributed by atoms with Crippen LogP contribution >= 0.6 is 0 Å². The number of hydrogen-bond donors (Lipinski definition) is 2. The lowest BCUT2D eigenvalue weighted by molar-refractivity contribution is -0.113. The Morgan fingerprint density at radius 3 is 1.27 bits per heavy atom. The van der Waals surface area contributed by atoms with Gasteiger partial charge >= 0.3 is 0 Å². The topological polar surface area (TPSA) is 91.5 Å². The second-order valence-corrected chi connectivity index (χ2v) is 15.3. The van der Waals surface area contributed by atoms with E-state index in [1.165, 1.54) is 34.9 Å². The third-order valence-corrected chi connectivity index (χ3v) is 11.2. The van der Waals surface area contributed by atoms with Gasteiger partial charge in [0, 0.05) is 49.9 Å². The highest BCUT2D eigenvalue weighted by Crippen LogP contribution is 2.39. The van der Waals surface area contributed by atoms with Crippen molar-refractivity contribution in [2.24, 2.45) is 0 Å². The predicted molar refractivity (Wildman–Crippen MR) is 242 cm³/mol. The minimum Gasteiger partial charge on any atom is -0.354 e. The molecule has 5 heterocycles. The minimum absolute atomic E-state index is 0.199. The zero-order valence-corrected chi connectivity index (χ0v) is 32.8. The molecule has 0 atom stereocenters. The standard InChI is InChI=1S/C53H38N4O2/c1-31-7-13-34(14-8-31)50-41-20-22-43(54-41)51(35-15-9-32(2)10-16-35)45-24-26-47(56-45)53(38-6-4-5-37(29-38)40-30-39(58)19-28-49(40)59)48-27-25-46(57-48)52(44-23-21-42(50)55-44)36-17-11-33(3)12-18-36/h4-30,56-57H,1-3H3. The first-order valence-electron chi connectivity index (χ1n) is 19.7. The number of allylic oxidation sites excluding steroid dienone is 4. The highest BCUT2D eigenvalue weighted by atomic mass is 16.1. The zero-order valence-electron chi connectivity index (χ0n) is 32.8. The molecule has 3 aliphatic rings. The number of aromatic amines is 2. The molecular weight excluding hydrogens is 725 g/mol. The van der Waals surface area contributed by atoms with E-state index in [0.29, 0.717) is 11.1 Å². The van der Waals surface area contributed by atoms with Crippen molar-refractivity contribution >= 4 is 63.5 Å². The number of hydrogen-bond acceptors (Lipinski definition) is 4. The first-order chi connectivity index (χ1) is 28.8. The Morgan fingerprint density at radius 2 is 0.797 bits per heavy atom. The molecule has 4 aromatic carbocycles. The van der Waals surface area contributed by atoms with Crippen molar-refractivity contribution in [3.05, 3.63) is 185 Å². The van der Waals surface area contributed by atoms with Crippen molar-refractivity contribution < 1.29 is 9.59 Å². The van der Waals surface area contributed by atoms with Gasteiger partial charge in [0.1, 0.15) is 0 Å². The van der Waals surface area contributed by atoms with E-state index in [0.717, 1.165) is 89.4 Å². The molecule has 6 nitrogen and oxygen atoms in total. The Labute approximate surface area is 341 Å². The molecule has 59 heavy (non-hydrogen) atoms. The summed E-state index contributed by atoms with van der Waals surface area (Å²) in [5, 5.41) is 0. The number of benzene rings is 4. The molecule has 0 saturated heterocycles. The molecule has 8 bridgehead atoms. The molecule has 0 fully saturated rings. The van der Waals surface area contributed by atoms with Gasteiger partial charge in [0.05, 0.1) is 22.8 Å². The lowest BCUT2D eigenvalue weighted by Gasteiger charge is -2.10. The molecule has 0 radical (unpaired) electrons. The van der Waals surface area contributed by atoms with E-state index >= 15 is 0 Å². The van der Waals surface area contributed by atoms with Crippen LogP contribution in [0, 0.1) is 20.8 Å². The SMILES string of the molecule is Cc1ccc(-c2c3nc(c(-c4ccc(C)cc4)c4ccc([nH]4)c(-c4cccc(C5=CC(=O)C=CC5=O)c4)c4ccc([nH]4)c(-c4ccc(C)cc4)c4nc2C=C4)C=C3)cc1. The summed E-state index contributed by atoms with van der Waals surface area (Å²) in [6.07, 6.45) is 12.5. The van der Waals surface area contributed by atoms with Gasteiger partial charge in [-0.2, -0.15) is 0 Å². The molecule has 10 rings (SSSR count). The molecular formula is C53H38N4O2. The van der Waals surface area contributed by atoms with Gasteiger partial charge in [0.2, 0.25) is 0 Å². The van der Waals surface area contributed by atoms with Gasteiger partial charge in [-0.1, -0.05) is 108 Å². The minimum atomic E-state index is -0.208. The summed E-state index contributed by atoms with van der Waals surface area (Å²) >= 11 is 0. The first kappa shape index (κ1) is 35.7. The summed E-state index contributed by atoms with van der Waals surface area (Å²) in [7, 11) is 0. The van der Waals surface area contributed by atoms with Gasteiger partial charge in [-0.3, -0.25) is 9.59 Å². The second kappa shape index (κ2) is 14.4. The van der Waals surface area contributed by atoms with Crippen molar-refractivity contribution in [2.75, 3.05) is 0 Å². The van der Waals surface area contributed by atoms with Gasteiger partial charge in [-0.15, -0.1) is 0 Å². The third kappa shape index (κ3) is 6.60. The number of nitrogens with one attached hydrogen (secondary N) is 2. The molecule has 0 saturated carbocycles. The number of aromatic nitrogens is 4. The van der Waals surface area contributed by atoms with Crippen LogP contribution in [-0.2, 0) is 9.59 Å². The highest BCUT2D eigenvalue weighted by Gasteiger charge is 2.21. The van der Waals surface area contributed by atoms with E-state index in [9.17, 15) is 9.59 Å². The average Bonchev–Trinajstić information content (AvgIpc) is 4.09. The summed E-state index contributed by atoms with van der Waals surface area (Å²) in [5.74, 6) is -0.407. The zero-order chi connectivity index (χ0) is 40.2. The van der Waals surface area contributed by atoms with E-state index in [1.807, 2.05) is 24.3 Å². The van der Waals surface area contributed by atoms with Gasteiger partial charge in [-0.05, 0) is 121 Å². The summed E-state index contributed by atoms with van der Waals surface area (Å²) in [5.41, 5.74) is 19.2. The molecule has 282 valence electrons. The number of aryl methyl sites for hydroxylation is 3. The van der Waals surface area contributed by atoms with Crippen molar-refractivity contribution in [3.63, 3.8) is 0 Å². The molecule has 0 unspecified atom stereocenters. The number of rotatable bonds is 5. The summed E-state index contributed by atoms with van der Waals surface area (Å²) in [6, 6.07) is 41.9. The van der Waals surface area contributed by atoms with Crippen LogP contribution in [-0.4, -0.2) is 31.5 Å². The fourth-order valence-corrected chi connectivity index (χ4v) is 8.16. The molecule has 3 aromatic heterocycles. The molecule has 0 spiro atoms. The van der Waals surface area contributed by atoms with Gasteiger partial charge in [-0.25, -0.2) is 9.97 Å². The largest absolute Gasteiger partial charge is 0.354 e. The number of carbonyl (C=O) groups is 2. The van der Waals surface area contributed by atoms with E-state index in [1.54, 1.807) is 0 Å². The normalized spacial score (nSPS) is 13.3. The fraction of sp³-hybridized carbons (Fsp3) is 0.0566. The molecule has 7 aromatic rings. The van der Waals surface area contributed by atoms with Crippen LogP contribution in [0.4, 0.5) is 0 Å². The van der Waals surface area contributed by atoms with Crippen LogP contribution in [0.15, 0.2) is 140 Å². The molecule has 2 aliphatic heterocycles. The number of carbonyl (C=O) groups excluding carboxylic acids is 2. The second-order valence-electron chi connectivity index (χ2n) is 15.3. The number of nitrogens with zero attached hydrogens (tertiary/aromatic N) is 2. The summed E-state index contributed by atoms with van der Waals surface area (Å²) in [4.78, 5) is 43.9. The Bertz CT molecular complexity index is 3040. The van der Waals surface area contributed by atoms with Gasteiger partial charge in [0.15, 0.2) is 11.6 Å². The summed E-state index contributed by atoms with van der Waals surface area (Å²) < 4.78 is 0. The van der Waals surface area contributed by atoms with Crippen molar-refractivity contribution in [1.29, 1.82) is 0 Å². The maximum absolute atomic E-state index is 13.1. The van der Waals surface area contributed by atoms with Crippen LogP contribution in [0.25, 0.3) is 96.5 Å². The van der Waals surface area contributed by atoms with Crippen LogP contribution in [0.3, 0.4) is 0 Å². The van der Waals surface area contributed by atoms with E-state index < -0.39 is 0 Å². The monoisotopic (exact) mass is 762 g/mol. The fourth-order valence-electron chi connectivity index (χ4n) is 8.16. The number of fused-ring (bicyclic) bond motifs is 8. The predicted octanol–water partition coefficient (Wildman–Crippen LogP) is 12.3. The maximum atomic E-state index is 13.1. The van der Waals surface area contributed by atoms with Crippen LogP contribution in [0.5, 0.6) is 0 Å². The summed E-state index contributed by atoms with van der Waals surface area (Å²) in [6.45, 7) is 6.28. The smallest absolute Gasteiger partial charge is 0.186 e. The Balaban J connectivity index is 1.35. The first-order valence-corrected chi connectivity index (χ1v) is 19.7. The van der Waals surface area contributed by atoms with Crippen LogP contribution in [0.1, 0.15) is 45.0 Å². The van der Waals surface area contributed by atoms with Gasteiger partial charge < -0.3 is 9.97 Å². The Kier molecular flexibility index (Phi) is 8.68. The number of H-pyrrole nitrogens is 2. The maximum Gasteiger partial charge on any atom is 0.186 e. The van der Waals surface area contributed by atoms with Crippen LogP contribution in [0.2, 0.25) is 0 Å². The molecule has 0 amide bonds. The quantitative estimate of drug-likeness (QED) is 0.171. The molecule has 2 N–H and O–H groups in total. The van der Waals surface area contributed by atoms with Crippen LogP contribution < -0.4 is 0 Å². The van der Waals surface area contributed by atoms with E-state index in [-0.39, 0.29) is 11.6 Å². The Morgan fingerprint density at radius 1 is 0.390 bits per heavy atom. The van der Waals surface area contributed by atoms with E-state index in [2.05, 4.69) is 152 Å². The highest BCUT2D eigenvalue weighted by molar-refractivity contribution is 6.34. The van der Waals surface area contributed by atoms with Crippen molar-refractivity contribution in [2.45, 2.75) is 20.8 Å². The number of ketones is 2. The average molecular weight is 763 g/mol. The lowest BCUT2D eigenvalue weighted by Crippen LogP contribution is -2.06. The molecule has 1 aliphatic carbocycles. The van der Waals surface area contributed by atoms with Crippen molar-refractivity contribution in [1.82, 2.24) is 19.9 Å². The third-order valence-electron chi connectivity index (χ3n) is 11.2. The molecule has 6 heteroatoms. The van der Waals surface area contributed by atoms with Crippen molar-refractivity contribution in [3.8, 4) is 44.5 Å². The Hall–Kier alpha value is -7.70.